The van der Waals surface area contributed by atoms with E-state index in [4.69, 9.17) is 11.6 Å². The first-order valence-electron chi connectivity index (χ1n) is 7.07. The molecule has 1 aromatic carbocycles. The van der Waals surface area contributed by atoms with Crippen molar-refractivity contribution >= 4 is 40.1 Å². The molecule has 7 nitrogen and oxygen atoms in total. The van der Waals surface area contributed by atoms with Crippen LogP contribution in [0.5, 0.6) is 0 Å². The second-order valence-corrected chi connectivity index (χ2v) is 5.69. The second kappa shape index (κ2) is 5.93. The van der Waals surface area contributed by atoms with Crippen molar-refractivity contribution < 1.29 is 9.59 Å². The number of amides is 1. The van der Waals surface area contributed by atoms with Gasteiger partial charge in [0.25, 0.3) is 11.5 Å². The van der Waals surface area contributed by atoms with Gasteiger partial charge in [0, 0.05) is 22.9 Å². The molecule has 0 bridgehead atoms. The molecule has 24 heavy (non-hydrogen) atoms. The summed E-state index contributed by atoms with van der Waals surface area (Å²) in [6.45, 7) is 3.06. The lowest BCUT2D eigenvalue weighted by Gasteiger charge is -2.05. The van der Waals surface area contributed by atoms with Crippen molar-refractivity contribution in [1.29, 1.82) is 0 Å². The smallest absolute Gasteiger partial charge is 0.273 e. The zero-order valence-electron chi connectivity index (χ0n) is 12.9. The van der Waals surface area contributed by atoms with Crippen LogP contribution in [0.2, 0.25) is 5.02 Å². The number of H-pyrrole nitrogens is 1. The van der Waals surface area contributed by atoms with Crippen molar-refractivity contribution in [2.75, 3.05) is 5.32 Å². The van der Waals surface area contributed by atoms with Gasteiger partial charge in [-0.05, 0) is 37.3 Å². The van der Waals surface area contributed by atoms with Crippen molar-refractivity contribution in [3.8, 4) is 0 Å². The Bertz CT molecular complexity index is 1020. The molecule has 2 heterocycles. The molecule has 0 spiro atoms. The Morgan fingerprint density at radius 3 is 2.54 bits per heavy atom. The average Bonchev–Trinajstić information content (AvgIpc) is 2.85. The molecule has 122 valence electrons. The predicted molar refractivity (Wildman–Crippen MR) is 90.8 cm³/mol. The molecule has 0 unspecified atom stereocenters. The zero-order valence-corrected chi connectivity index (χ0v) is 13.6. The second-order valence-electron chi connectivity index (χ2n) is 5.25. The number of nitrogens with zero attached hydrogens (tertiary/aromatic N) is 2. The van der Waals surface area contributed by atoms with E-state index in [-0.39, 0.29) is 11.6 Å². The van der Waals surface area contributed by atoms with Crippen LogP contribution in [0, 0.1) is 6.92 Å². The SMILES string of the molecule is CC(=O)n1nc(C)c2cc(NC(=O)c3ccc(Cl)cc3)c(=O)[nH]c21. The molecule has 0 aliphatic carbocycles. The van der Waals surface area contributed by atoms with Crippen molar-refractivity contribution in [3.63, 3.8) is 0 Å². The number of halogens is 1. The fourth-order valence-corrected chi connectivity index (χ4v) is 2.46. The Morgan fingerprint density at radius 1 is 1.25 bits per heavy atom. The molecule has 0 atom stereocenters. The number of pyridine rings is 1. The normalized spacial score (nSPS) is 10.8. The summed E-state index contributed by atoms with van der Waals surface area (Å²) in [5, 5.41) is 7.74. The number of carbonyl (C=O) groups is 2. The maximum atomic E-state index is 12.2. The summed E-state index contributed by atoms with van der Waals surface area (Å²) in [5.74, 6) is -0.755. The van der Waals surface area contributed by atoms with E-state index in [0.29, 0.717) is 27.3 Å². The molecule has 0 aliphatic rings. The van der Waals surface area contributed by atoms with Gasteiger partial charge in [0.05, 0.1) is 5.69 Å². The number of aromatic nitrogens is 3. The number of rotatable bonds is 2. The fourth-order valence-electron chi connectivity index (χ4n) is 2.33. The fraction of sp³-hybridized carbons (Fsp3) is 0.125. The van der Waals surface area contributed by atoms with Crippen molar-refractivity contribution in [1.82, 2.24) is 14.8 Å². The third-order valence-electron chi connectivity index (χ3n) is 3.52. The van der Waals surface area contributed by atoms with E-state index in [0.717, 1.165) is 4.68 Å². The highest BCUT2D eigenvalue weighted by molar-refractivity contribution is 6.30. The molecule has 3 aromatic rings. The van der Waals surface area contributed by atoms with Crippen LogP contribution in [0.4, 0.5) is 5.69 Å². The van der Waals surface area contributed by atoms with Gasteiger partial charge in [-0.2, -0.15) is 9.78 Å². The number of fused-ring (bicyclic) bond motifs is 1. The topological polar surface area (TPSA) is 96.8 Å². The molecule has 2 aromatic heterocycles. The summed E-state index contributed by atoms with van der Waals surface area (Å²) in [6.07, 6.45) is 0. The van der Waals surface area contributed by atoms with E-state index in [1.807, 2.05) is 0 Å². The Kier molecular flexibility index (Phi) is 3.94. The molecule has 0 radical (unpaired) electrons. The van der Waals surface area contributed by atoms with Gasteiger partial charge >= 0.3 is 0 Å². The Morgan fingerprint density at radius 2 is 1.92 bits per heavy atom. The first kappa shape index (κ1) is 15.9. The molecule has 8 heteroatoms. The van der Waals surface area contributed by atoms with Crippen LogP contribution in [-0.2, 0) is 0 Å². The summed E-state index contributed by atoms with van der Waals surface area (Å²) < 4.78 is 1.12. The third-order valence-corrected chi connectivity index (χ3v) is 3.78. The van der Waals surface area contributed by atoms with Gasteiger partial charge in [0.2, 0.25) is 5.91 Å². The van der Waals surface area contributed by atoms with E-state index in [1.165, 1.54) is 13.0 Å². The van der Waals surface area contributed by atoms with Gasteiger partial charge in [-0.15, -0.1) is 0 Å². The summed E-state index contributed by atoms with van der Waals surface area (Å²) in [7, 11) is 0. The molecular weight excluding hydrogens is 332 g/mol. The molecule has 3 rings (SSSR count). The van der Waals surface area contributed by atoms with E-state index in [9.17, 15) is 14.4 Å². The third kappa shape index (κ3) is 2.81. The van der Waals surface area contributed by atoms with E-state index >= 15 is 0 Å². The largest absolute Gasteiger partial charge is 0.317 e. The highest BCUT2D eigenvalue weighted by Gasteiger charge is 2.15. The zero-order chi connectivity index (χ0) is 17.4. The van der Waals surface area contributed by atoms with Crippen molar-refractivity contribution in [2.45, 2.75) is 13.8 Å². The molecule has 0 saturated heterocycles. The number of anilines is 1. The van der Waals surface area contributed by atoms with Crippen LogP contribution in [0.1, 0.15) is 27.8 Å². The van der Waals surface area contributed by atoms with E-state index in [2.05, 4.69) is 15.4 Å². The molecular formula is C16H13ClN4O3. The lowest BCUT2D eigenvalue weighted by atomic mass is 10.2. The maximum Gasteiger partial charge on any atom is 0.273 e. The summed E-state index contributed by atoms with van der Waals surface area (Å²) >= 11 is 5.79. The average molecular weight is 345 g/mol. The maximum absolute atomic E-state index is 12.2. The van der Waals surface area contributed by atoms with Crippen LogP contribution in [0.15, 0.2) is 35.1 Å². The van der Waals surface area contributed by atoms with Crippen LogP contribution >= 0.6 is 11.6 Å². The summed E-state index contributed by atoms with van der Waals surface area (Å²) in [6, 6.07) is 7.80. The quantitative estimate of drug-likeness (QED) is 0.746. The molecule has 0 aliphatic heterocycles. The van der Waals surface area contributed by atoms with Crippen LogP contribution < -0.4 is 10.9 Å². The van der Waals surface area contributed by atoms with Crippen molar-refractivity contribution in [3.05, 3.63) is 57.0 Å². The van der Waals surface area contributed by atoms with Crippen LogP contribution in [0.25, 0.3) is 11.0 Å². The number of aryl methyl sites for hydroxylation is 1. The Labute approximate surface area is 141 Å². The number of hydrogen-bond donors (Lipinski definition) is 2. The van der Waals surface area contributed by atoms with Gasteiger partial charge in [-0.3, -0.25) is 14.4 Å². The number of hydrogen-bond acceptors (Lipinski definition) is 4. The van der Waals surface area contributed by atoms with Gasteiger partial charge in [0.1, 0.15) is 11.3 Å². The van der Waals surface area contributed by atoms with Crippen LogP contribution in [0.3, 0.4) is 0 Å². The number of aromatic amines is 1. The predicted octanol–water partition coefficient (Wildman–Crippen LogP) is 2.60. The number of nitrogens with one attached hydrogen (secondary N) is 2. The highest BCUT2D eigenvalue weighted by atomic mass is 35.5. The minimum Gasteiger partial charge on any atom is -0.317 e. The van der Waals surface area contributed by atoms with Crippen LogP contribution in [-0.4, -0.2) is 26.6 Å². The summed E-state index contributed by atoms with van der Waals surface area (Å²) in [4.78, 5) is 38.6. The highest BCUT2D eigenvalue weighted by Crippen LogP contribution is 2.18. The van der Waals surface area contributed by atoms with E-state index < -0.39 is 11.5 Å². The number of carbonyl (C=O) groups excluding carboxylic acids is 2. The van der Waals surface area contributed by atoms with Gasteiger partial charge in [0.15, 0.2) is 0 Å². The monoisotopic (exact) mass is 344 g/mol. The first-order valence-corrected chi connectivity index (χ1v) is 7.45. The van der Waals surface area contributed by atoms with E-state index in [1.54, 1.807) is 31.2 Å². The molecule has 1 amide bonds. The first-order chi connectivity index (χ1) is 11.4. The van der Waals surface area contributed by atoms with Crippen molar-refractivity contribution in [2.24, 2.45) is 0 Å². The van der Waals surface area contributed by atoms with Gasteiger partial charge in [-0.1, -0.05) is 11.6 Å². The van der Waals surface area contributed by atoms with Gasteiger partial charge < -0.3 is 10.3 Å². The standard InChI is InChI=1S/C16H13ClN4O3/c1-8-12-7-13(16(24)19-14(12)21(20-8)9(2)22)18-15(23)10-3-5-11(17)6-4-10/h3-7H,1-2H3,(H,18,23)(H,19,24). The summed E-state index contributed by atoms with van der Waals surface area (Å²) in [5.41, 5.74) is 0.795. The minimum absolute atomic E-state index is 0.0775. The lowest BCUT2D eigenvalue weighted by Crippen LogP contribution is -2.20. The number of benzene rings is 1. The minimum atomic E-state index is -0.521. The molecule has 0 saturated carbocycles. The Balaban J connectivity index is 2.01. The van der Waals surface area contributed by atoms with Gasteiger partial charge in [-0.25, -0.2) is 0 Å². The molecule has 2 N–H and O–H groups in total. The lowest BCUT2D eigenvalue weighted by molar-refractivity contribution is 0.0925. The Hall–Kier alpha value is -2.93. The molecule has 0 fully saturated rings.